The van der Waals surface area contributed by atoms with Gasteiger partial charge in [0.1, 0.15) is 0 Å². The van der Waals surface area contributed by atoms with Crippen LogP contribution in [0.5, 0.6) is 0 Å². The van der Waals surface area contributed by atoms with Crippen LogP contribution in [0, 0.1) is 0 Å². The van der Waals surface area contributed by atoms with Gasteiger partial charge < -0.3 is 5.73 Å². The highest BCUT2D eigenvalue weighted by atomic mass is 14.5. The Balaban J connectivity index is 2.87. The Kier molecular flexibility index (Phi) is 11.4. The predicted molar refractivity (Wildman–Crippen MR) is 60.8 cm³/mol. The van der Waals surface area contributed by atoms with Gasteiger partial charge in [0.2, 0.25) is 0 Å². The van der Waals surface area contributed by atoms with Crippen LogP contribution in [-0.2, 0) is 0 Å². The molecule has 2 N–H and O–H groups in total. The zero-order chi connectivity index (χ0) is 9.78. The van der Waals surface area contributed by atoms with E-state index in [0.29, 0.717) is 6.54 Å². The molecule has 0 spiro atoms. The number of nitrogens with two attached hydrogens (primary N) is 1. The first-order valence-electron chi connectivity index (χ1n) is 5.77. The van der Waals surface area contributed by atoms with Crippen molar-refractivity contribution in [1.29, 1.82) is 0 Å². The smallest absolute Gasteiger partial charge is 0.0106 e. The SMILES string of the molecule is CCCCCCCCC/C=C/CN. The van der Waals surface area contributed by atoms with Crippen molar-refractivity contribution in [2.24, 2.45) is 5.73 Å². The highest BCUT2D eigenvalue weighted by molar-refractivity contribution is 4.81. The second-order valence-electron chi connectivity index (χ2n) is 3.62. The number of unbranched alkanes of at least 4 members (excludes halogenated alkanes) is 7. The third-order valence-electron chi connectivity index (χ3n) is 2.28. The summed E-state index contributed by atoms with van der Waals surface area (Å²) in [5.74, 6) is 0. The lowest BCUT2D eigenvalue weighted by atomic mass is 10.1. The molecule has 0 aromatic carbocycles. The van der Waals surface area contributed by atoms with E-state index in [1.165, 1.54) is 51.4 Å². The predicted octanol–water partition coefficient (Wildman–Crippen LogP) is 3.64. The third kappa shape index (κ3) is 11.7. The fourth-order valence-corrected chi connectivity index (χ4v) is 1.43. The molecule has 0 fully saturated rings. The molecule has 0 aliphatic carbocycles. The van der Waals surface area contributed by atoms with Crippen LogP contribution in [0.15, 0.2) is 12.2 Å². The second kappa shape index (κ2) is 11.7. The summed E-state index contributed by atoms with van der Waals surface area (Å²) in [6, 6.07) is 0. The van der Waals surface area contributed by atoms with Crippen LogP contribution in [0.25, 0.3) is 0 Å². The van der Waals surface area contributed by atoms with Crippen molar-refractivity contribution in [2.75, 3.05) is 6.54 Å². The van der Waals surface area contributed by atoms with Gasteiger partial charge in [-0.15, -0.1) is 0 Å². The molecule has 1 heteroatoms. The topological polar surface area (TPSA) is 26.0 Å². The fourth-order valence-electron chi connectivity index (χ4n) is 1.43. The maximum absolute atomic E-state index is 5.34. The average Bonchev–Trinajstić information content (AvgIpc) is 2.16. The number of hydrogen-bond acceptors (Lipinski definition) is 1. The minimum atomic E-state index is 0.691. The van der Waals surface area contributed by atoms with Gasteiger partial charge in [0.05, 0.1) is 0 Å². The van der Waals surface area contributed by atoms with Crippen molar-refractivity contribution < 1.29 is 0 Å². The molecule has 0 aromatic rings. The molecular formula is C12H25N. The Morgan fingerprint density at radius 2 is 1.46 bits per heavy atom. The lowest BCUT2D eigenvalue weighted by Gasteiger charge is -1.98. The monoisotopic (exact) mass is 183 g/mol. The van der Waals surface area contributed by atoms with Gasteiger partial charge in [0, 0.05) is 6.54 Å². The van der Waals surface area contributed by atoms with Crippen molar-refractivity contribution in [3.63, 3.8) is 0 Å². The number of allylic oxidation sites excluding steroid dienone is 1. The molecule has 0 aliphatic heterocycles. The Labute approximate surface area is 83.4 Å². The van der Waals surface area contributed by atoms with E-state index in [2.05, 4.69) is 19.1 Å². The first-order chi connectivity index (χ1) is 6.41. The number of rotatable bonds is 9. The summed E-state index contributed by atoms with van der Waals surface area (Å²) >= 11 is 0. The molecule has 0 aliphatic rings. The summed E-state index contributed by atoms with van der Waals surface area (Å²) in [5.41, 5.74) is 5.34. The molecule has 0 saturated carbocycles. The largest absolute Gasteiger partial charge is 0.327 e. The lowest BCUT2D eigenvalue weighted by Crippen LogP contribution is -1.91. The first kappa shape index (κ1) is 12.7. The zero-order valence-corrected chi connectivity index (χ0v) is 9.10. The van der Waals surface area contributed by atoms with E-state index in [9.17, 15) is 0 Å². The molecule has 1 nitrogen and oxygen atoms in total. The summed E-state index contributed by atoms with van der Waals surface area (Å²) in [4.78, 5) is 0. The highest BCUT2D eigenvalue weighted by Crippen LogP contribution is 2.08. The van der Waals surface area contributed by atoms with E-state index in [-0.39, 0.29) is 0 Å². The molecule has 0 atom stereocenters. The quantitative estimate of drug-likeness (QED) is 0.428. The molecule has 0 heterocycles. The van der Waals surface area contributed by atoms with Crippen molar-refractivity contribution in [1.82, 2.24) is 0 Å². The first-order valence-corrected chi connectivity index (χ1v) is 5.77. The fraction of sp³-hybridized carbons (Fsp3) is 0.833. The van der Waals surface area contributed by atoms with E-state index in [4.69, 9.17) is 5.73 Å². The van der Waals surface area contributed by atoms with Crippen LogP contribution >= 0.6 is 0 Å². The second-order valence-corrected chi connectivity index (χ2v) is 3.62. The van der Waals surface area contributed by atoms with Gasteiger partial charge in [0.25, 0.3) is 0 Å². The summed E-state index contributed by atoms with van der Waals surface area (Å²) in [6.07, 6.45) is 15.2. The Bertz CT molecular complexity index is 108. The third-order valence-corrected chi connectivity index (χ3v) is 2.28. The van der Waals surface area contributed by atoms with Crippen LogP contribution in [0.4, 0.5) is 0 Å². The van der Waals surface area contributed by atoms with Gasteiger partial charge in [-0.3, -0.25) is 0 Å². The summed E-state index contributed by atoms with van der Waals surface area (Å²) in [5, 5.41) is 0. The van der Waals surface area contributed by atoms with Gasteiger partial charge in [0.15, 0.2) is 0 Å². The maximum atomic E-state index is 5.34. The van der Waals surface area contributed by atoms with Crippen LogP contribution in [0.3, 0.4) is 0 Å². The molecule has 13 heavy (non-hydrogen) atoms. The highest BCUT2D eigenvalue weighted by Gasteiger charge is 1.88. The van der Waals surface area contributed by atoms with E-state index in [0.717, 1.165) is 0 Å². The van der Waals surface area contributed by atoms with Crippen LogP contribution in [-0.4, -0.2) is 6.54 Å². The average molecular weight is 183 g/mol. The normalized spacial score (nSPS) is 11.2. The molecule has 0 saturated heterocycles. The Morgan fingerprint density at radius 3 is 2.08 bits per heavy atom. The molecule has 0 amide bonds. The van der Waals surface area contributed by atoms with E-state index in [1.54, 1.807) is 0 Å². The molecular weight excluding hydrogens is 158 g/mol. The minimum absolute atomic E-state index is 0.691. The summed E-state index contributed by atoms with van der Waals surface area (Å²) < 4.78 is 0. The van der Waals surface area contributed by atoms with Crippen LogP contribution in [0.2, 0.25) is 0 Å². The van der Waals surface area contributed by atoms with E-state index >= 15 is 0 Å². The molecule has 0 bridgehead atoms. The Hall–Kier alpha value is -0.300. The van der Waals surface area contributed by atoms with Gasteiger partial charge in [-0.2, -0.15) is 0 Å². The van der Waals surface area contributed by atoms with E-state index in [1.807, 2.05) is 0 Å². The van der Waals surface area contributed by atoms with Crippen molar-refractivity contribution in [3.8, 4) is 0 Å². The van der Waals surface area contributed by atoms with Gasteiger partial charge in [-0.25, -0.2) is 0 Å². The standard InChI is InChI=1S/C12H25N/c1-2-3-4-5-6-7-8-9-10-11-12-13/h10-11H,2-9,12-13H2,1H3/b11-10+. The molecule has 78 valence electrons. The molecule has 0 rings (SSSR count). The molecule has 0 aromatic heterocycles. The van der Waals surface area contributed by atoms with Crippen molar-refractivity contribution in [2.45, 2.75) is 58.3 Å². The summed E-state index contributed by atoms with van der Waals surface area (Å²) in [6.45, 7) is 2.95. The zero-order valence-electron chi connectivity index (χ0n) is 9.10. The van der Waals surface area contributed by atoms with Crippen LogP contribution < -0.4 is 5.73 Å². The maximum Gasteiger partial charge on any atom is 0.0106 e. The Morgan fingerprint density at radius 1 is 0.846 bits per heavy atom. The minimum Gasteiger partial charge on any atom is -0.327 e. The van der Waals surface area contributed by atoms with Crippen molar-refractivity contribution >= 4 is 0 Å². The molecule has 0 radical (unpaired) electrons. The van der Waals surface area contributed by atoms with Crippen molar-refractivity contribution in [3.05, 3.63) is 12.2 Å². The van der Waals surface area contributed by atoms with Gasteiger partial charge in [-0.1, -0.05) is 57.6 Å². The van der Waals surface area contributed by atoms with E-state index < -0.39 is 0 Å². The van der Waals surface area contributed by atoms with Gasteiger partial charge in [-0.05, 0) is 12.8 Å². The molecule has 0 unspecified atom stereocenters. The number of hydrogen-bond donors (Lipinski definition) is 1. The van der Waals surface area contributed by atoms with Crippen LogP contribution in [0.1, 0.15) is 58.3 Å². The van der Waals surface area contributed by atoms with Gasteiger partial charge >= 0.3 is 0 Å². The summed E-state index contributed by atoms with van der Waals surface area (Å²) in [7, 11) is 0. The lowest BCUT2D eigenvalue weighted by molar-refractivity contribution is 0.592.